The molecular formula is C14H23NSSi. The van der Waals surface area contributed by atoms with Crippen molar-refractivity contribution in [1.82, 2.24) is 0 Å². The van der Waals surface area contributed by atoms with Crippen molar-refractivity contribution in [2.24, 2.45) is 4.99 Å². The zero-order chi connectivity index (χ0) is 12.9. The van der Waals surface area contributed by atoms with Crippen LogP contribution in [0.5, 0.6) is 0 Å². The summed E-state index contributed by atoms with van der Waals surface area (Å²) in [7, 11) is -1.02. The van der Waals surface area contributed by atoms with Crippen LogP contribution in [0.2, 0.25) is 19.6 Å². The maximum atomic E-state index is 4.56. The molecule has 1 unspecified atom stereocenters. The summed E-state index contributed by atoms with van der Waals surface area (Å²) in [5, 5.41) is 0.627. The maximum absolute atomic E-state index is 4.56. The molecule has 0 fully saturated rings. The molecule has 0 heterocycles. The number of benzene rings is 1. The maximum Gasteiger partial charge on any atom is 0.108 e. The van der Waals surface area contributed by atoms with Crippen LogP contribution in [0.25, 0.3) is 0 Å². The molecule has 0 bridgehead atoms. The summed E-state index contributed by atoms with van der Waals surface area (Å²) in [4.78, 5) is 4.56. The van der Waals surface area contributed by atoms with Gasteiger partial charge in [-0.1, -0.05) is 50.8 Å². The predicted molar refractivity (Wildman–Crippen MR) is 84.0 cm³/mol. The van der Waals surface area contributed by atoms with Gasteiger partial charge in [0.15, 0.2) is 0 Å². The summed E-state index contributed by atoms with van der Waals surface area (Å²) in [6, 6.07) is 8.38. The van der Waals surface area contributed by atoms with Crippen LogP contribution < -0.4 is 0 Å². The third-order valence-corrected chi connectivity index (χ3v) is 6.92. The highest BCUT2D eigenvalue weighted by molar-refractivity contribution is 8.29. The Bertz CT molecular complexity index is 382. The van der Waals surface area contributed by atoms with Crippen molar-refractivity contribution in [3.05, 3.63) is 35.4 Å². The Hall–Kier alpha value is -0.543. The Kier molecular flexibility index (Phi) is 5.47. The first-order valence-corrected chi connectivity index (χ1v) is 11.2. The molecule has 1 nitrogen and oxygen atoms in total. The van der Waals surface area contributed by atoms with Gasteiger partial charge in [0.2, 0.25) is 0 Å². The van der Waals surface area contributed by atoms with E-state index in [2.05, 4.69) is 74.0 Å². The third-order valence-electron chi connectivity index (χ3n) is 2.34. The van der Waals surface area contributed by atoms with Gasteiger partial charge in [-0.25, -0.2) is 0 Å². The first-order valence-electron chi connectivity index (χ1n) is 6.12. The van der Waals surface area contributed by atoms with Crippen LogP contribution in [-0.4, -0.2) is 25.2 Å². The van der Waals surface area contributed by atoms with E-state index in [1.54, 1.807) is 0 Å². The Labute approximate surface area is 110 Å². The number of hydrogen-bond donors (Lipinski definition) is 0. The first kappa shape index (κ1) is 14.5. The molecule has 1 atom stereocenters. The number of hydrogen-bond acceptors (Lipinski definition) is 2. The van der Waals surface area contributed by atoms with Crippen LogP contribution in [0, 0.1) is 6.92 Å². The first-order chi connectivity index (χ1) is 7.88. The van der Waals surface area contributed by atoms with Crippen molar-refractivity contribution < 1.29 is 0 Å². The lowest BCUT2D eigenvalue weighted by molar-refractivity contribution is 0.961. The average Bonchev–Trinajstić information content (AvgIpc) is 2.18. The van der Waals surface area contributed by atoms with E-state index in [9.17, 15) is 0 Å². The molecular weight excluding hydrogens is 242 g/mol. The molecule has 94 valence electrons. The molecule has 3 heteroatoms. The summed E-state index contributed by atoms with van der Waals surface area (Å²) in [5.41, 5.74) is 2.53. The zero-order valence-electron chi connectivity index (χ0n) is 11.5. The molecule has 1 rings (SSSR count). The van der Waals surface area contributed by atoms with E-state index in [-0.39, 0.29) is 0 Å². The fraction of sp³-hybridized carbons (Fsp3) is 0.500. The molecule has 1 aromatic rings. The van der Waals surface area contributed by atoms with E-state index in [0.29, 0.717) is 5.25 Å². The smallest absolute Gasteiger partial charge is 0.108 e. The van der Waals surface area contributed by atoms with Gasteiger partial charge in [-0.3, -0.25) is 4.99 Å². The average molecular weight is 265 g/mol. The number of aryl methyl sites for hydroxylation is 1. The molecule has 0 spiro atoms. The van der Waals surface area contributed by atoms with Crippen molar-refractivity contribution in [2.75, 3.05) is 6.54 Å². The largest absolute Gasteiger partial charge is 0.291 e. The van der Waals surface area contributed by atoms with Gasteiger partial charge in [0, 0.05) is 11.5 Å². The summed E-state index contributed by atoms with van der Waals surface area (Å²) in [5.74, 6) is 0. The normalized spacial score (nSPS) is 14.2. The summed E-state index contributed by atoms with van der Waals surface area (Å²) in [6.45, 7) is 12.5. The number of aliphatic imine (C=N–C) groups is 1. The predicted octanol–water partition coefficient (Wildman–Crippen LogP) is 4.37. The van der Waals surface area contributed by atoms with E-state index >= 15 is 0 Å². The highest BCUT2D eigenvalue weighted by Gasteiger charge is 2.17. The zero-order valence-corrected chi connectivity index (χ0v) is 13.3. The minimum absolute atomic E-state index is 0.627. The van der Waals surface area contributed by atoms with Gasteiger partial charge in [0.25, 0.3) is 0 Å². The van der Waals surface area contributed by atoms with Crippen LogP contribution in [0.3, 0.4) is 0 Å². The van der Waals surface area contributed by atoms with Crippen molar-refractivity contribution in [1.29, 1.82) is 0 Å². The molecule has 17 heavy (non-hydrogen) atoms. The van der Waals surface area contributed by atoms with Gasteiger partial charge in [-0.05, 0) is 18.1 Å². The van der Waals surface area contributed by atoms with Gasteiger partial charge in [0.05, 0.1) is 6.54 Å². The lowest BCUT2D eigenvalue weighted by Gasteiger charge is -2.19. The molecule has 0 saturated heterocycles. The summed E-state index contributed by atoms with van der Waals surface area (Å²) >= 11 is 2.12. The minimum atomic E-state index is -1.02. The SMILES string of the molecule is Cc1ccccc1C=NCC(C)S[Si](C)(C)C. The summed E-state index contributed by atoms with van der Waals surface area (Å²) in [6.07, 6.45) is 2.01. The van der Waals surface area contributed by atoms with Crippen LogP contribution in [0.4, 0.5) is 0 Å². The molecule has 0 aromatic heterocycles. The monoisotopic (exact) mass is 265 g/mol. The van der Waals surface area contributed by atoms with E-state index in [4.69, 9.17) is 0 Å². The molecule has 1 aromatic carbocycles. The van der Waals surface area contributed by atoms with E-state index in [1.807, 2.05) is 6.21 Å². The highest BCUT2D eigenvalue weighted by Crippen LogP contribution is 2.24. The molecule has 0 amide bonds. The fourth-order valence-electron chi connectivity index (χ4n) is 1.67. The van der Waals surface area contributed by atoms with Gasteiger partial charge in [0.1, 0.15) is 7.22 Å². The standard InChI is InChI=1S/C14H23NSSi/c1-12-8-6-7-9-14(12)11-15-10-13(2)16-17(3,4)5/h6-9,11,13H,10H2,1-5H3. The van der Waals surface area contributed by atoms with E-state index in [1.165, 1.54) is 11.1 Å². The molecule has 0 aliphatic carbocycles. The van der Waals surface area contributed by atoms with Crippen LogP contribution >= 0.6 is 11.2 Å². The molecule has 0 saturated carbocycles. The van der Waals surface area contributed by atoms with Gasteiger partial charge in [-0.15, -0.1) is 0 Å². The fourth-order valence-corrected chi connectivity index (χ4v) is 6.88. The molecule has 0 radical (unpaired) electrons. The van der Waals surface area contributed by atoms with Gasteiger partial charge in [-0.2, -0.15) is 11.2 Å². The van der Waals surface area contributed by atoms with Crippen molar-refractivity contribution in [3.63, 3.8) is 0 Å². The topological polar surface area (TPSA) is 12.4 Å². The molecule has 0 aliphatic heterocycles. The Morgan fingerprint density at radius 2 is 1.94 bits per heavy atom. The third kappa shape index (κ3) is 6.08. The molecule has 0 aliphatic rings. The van der Waals surface area contributed by atoms with Gasteiger partial charge < -0.3 is 0 Å². The highest BCUT2D eigenvalue weighted by atomic mass is 32.4. The van der Waals surface area contributed by atoms with Crippen LogP contribution in [0.1, 0.15) is 18.1 Å². The Balaban J connectivity index is 2.48. The van der Waals surface area contributed by atoms with Crippen LogP contribution in [-0.2, 0) is 0 Å². The van der Waals surface area contributed by atoms with Crippen molar-refractivity contribution in [2.45, 2.75) is 38.7 Å². The number of nitrogens with zero attached hydrogens (tertiary/aromatic N) is 1. The second kappa shape index (κ2) is 6.41. The lowest BCUT2D eigenvalue weighted by atomic mass is 10.1. The summed E-state index contributed by atoms with van der Waals surface area (Å²) < 4.78 is 0. The quantitative estimate of drug-likeness (QED) is 0.569. The lowest BCUT2D eigenvalue weighted by Crippen LogP contribution is -2.20. The Morgan fingerprint density at radius 3 is 2.53 bits per heavy atom. The number of rotatable bonds is 5. The van der Waals surface area contributed by atoms with Gasteiger partial charge >= 0.3 is 0 Å². The van der Waals surface area contributed by atoms with E-state index in [0.717, 1.165) is 6.54 Å². The second-order valence-corrected chi connectivity index (χ2v) is 15.0. The van der Waals surface area contributed by atoms with Crippen molar-refractivity contribution in [3.8, 4) is 0 Å². The van der Waals surface area contributed by atoms with Crippen molar-refractivity contribution >= 4 is 24.6 Å². The minimum Gasteiger partial charge on any atom is -0.291 e. The second-order valence-electron chi connectivity index (χ2n) is 5.39. The Morgan fingerprint density at radius 1 is 1.29 bits per heavy atom. The van der Waals surface area contributed by atoms with Crippen LogP contribution in [0.15, 0.2) is 29.3 Å². The molecule has 0 N–H and O–H groups in total. The van der Waals surface area contributed by atoms with E-state index < -0.39 is 7.22 Å².